The molecule has 5 nitrogen and oxygen atoms in total. The number of nitrogens with zero attached hydrogens (tertiary/aromatic N) is 2. The van der Waals surface area contributed by atoms with Crippen LogP contribution in [-0.2, 0) is 6.42 Å². The van der Waals surface area contributed by atoms with Crippen LogP contribution >= 0.6 is 0 Å². The number of aromatic nitrogens is 1. The molecular weight excluding hydrogens is 206 g/mol. The number of hydrogen-bond donors (Lipinski definition) is 1. The molecule has 0 radical (unpaired) electrons. The second-order valence-electron chi connectivity index (χ2n) is 3.74. The minimum Gasteiger partial charge on any atom is -0.361 e. The first-order valence-corrected chi connectivity index (χ1v) is 5.47. The third-order valence-corrected chi connectivity index (χ3v) is 2.53. The van der Waals surface area contributed by atoms with Crippen LogP contribution in [0.5, 0.6) is 0 Å². The van der Waals surface area contributed by atoms with E-state index in [0.29, 0.717) is 24.3 Å². The predicted molar refractivity (Wildman–Crippen MR) is 61.5 cm³/mol. The minimum atomic E-state index is -0.0224. The van der Waals surface area contributed by atoms with Gasteiger partial charge in [0.15, 0.2) is 0 Å². The molecule has 0 fully saturated rings. The molecule has 0 aliphatic heterocycles. The van der Waals surface area contributed by atoms with Crippen LogP contribution in [0.2, 0.25) is 0 Å². The van der Waals surface area contributed by atoms with Gasteiger partial charge < -0.3 is 14.7 Å². The molecule has 1 aromatic heterocycles. The summed E-state index contributed by atoms with van der Waals surface area (Å²) in [6, 6.07) is 0. The Morgan fingerprint density at radius 2 is 2.25 bits per heavy atom. The molecule has 1 amide bonds. The van der Waals surface area contributed by atoms with E-state index in [2.05, 4.69) is 10.5 Å². The van der Waals surface area contributed by atoms with Crippen molar-refractivity contribution in [2.45, 2.75) is 20.3 Å². The number of carbonyl (C=O) groups is 1. The summed E-state index contributed by atoms with van der Waals surface area (Å²) in [4.78, 5) is 13.8. The first kappa shape index (κ1) is 12.7. The summed E-state index contributed by atoms with van der Waals surface area (Å²) < 4.78 is 5.05. The lowest BCUT2D eigenvalue weighted by Crippen LogP contribution is -2.33. The quantitative estimate of drug-likeness (QED) is 0.806. The second kappa shape index (κ2) is 5.65. The fraction of sp³-hybridized carbons (Fsp3) is 0.636. The molecule has 90 valence electrons. The molecular formula is C11H19N3O2. The first-order valence-electron chi connectivity index (χ1n) is 5.47. The average Bonchev–Trinajstić information content (AvgIpc) is 2.66. The van der Waals surface area contributed by atoms with E-state index in [1.807, 2.05) is 14.0 Å². The predicted octanol–water partition coefficient (Wildman–Crippen LogP) is 0.837. The van der Waals surface area contributed by atoms with Crippen LogP contribution in [0, 0.1) is 6.92 Å². The molecule has 0 bridgehead atoms. The molecule has 0 unspecified atom stereocenters. The Morgan fingerprint density at radius 1 is 1.56 bits per heavy atom. The van der Waals surface area contributed by atoms with Crippen molar-refractivity contribution < 1.29 is 9.32 Å². The van der Waals surface area contributed by atoms with Crippen LogP contribution in [0.25, 0.3) is 0 Å². The summed E-state index contributed by atoms with van der Waals surface area (Å²) in [6.07, 6.45) is 0.707. The van der Waals surface area contributed by atoms with Crippen molar-refractivity contribution in [2.24, 2.45) is 0 Å². The Hall–Kier alpha value is -1.36. The highest BCUT2D eigenvalue weighted by Gasteiger charge is 2.21. The Kier molecular flexibility index (Phi) is 4.49. The number of aryl methyl sites for hydroxylation is 2. The van der Waals surface area contributed by atoms with Gasteiger partial charge in [-0.2, -0.15) is 0 Å². The van der Waals surface area contributed by atoms with Gasteiger partial charge in [-0.1, -0.05) is 12.1 Å². The Bertz CT molecular complexity index is 360. The summed E-state index contributed by atoms with van der Waals surface area (Å²) in [5.41, 5.74) is 1.35. The van der Waals surface area contributed by atoms with E-state index in [1.54, 1.807) is 18.9 Å². The molecule has 1 aromatic rings. The largest absolute Gasteiger partial charge is 0.361 e. The SMILES string of the molecule is CCc1noc(C)c1C(=O)N(C)CCNC. The molecule has 1 rings (SSSR count). The number of nitrogens with one attached hydrogen (secondary N) is 1. The van der Waals surface area contributed by atoms with Crippen LogP contribution in [0.15, 0.2) is 4.52 Å². The standard InChI is InChI=1S/C11H19N3O2/c1-5-9-10(8(2)16-13-9)11(15)14(4)7-6-12-3/h12H,5-7H2,1-4H3. The zero-order valence-electron chi connectivity index (χ0n) is 10.3. The summed E-state index contributed by atoms with van der Waals surface area (Å²) in [5.74, 6) is 0.573. The van der Waals surface area contributed by atoms with Crippen LogP contribution in [0.4, 0.5) is 0 Å². The fourth-order valence-corrected chi connectivity index (χ4v) is 1.51. The molecule has 16 heavy (non-hydrogen) atoms. The highest BCUT2D eigenvalue weighted by Crippen LogP contribution is 2.15. The van der Waals surface area contributed by atoms with Crippen molar-refractivity contribution in [2.75, 3.05) is 27.2 Å². The molecule has 0 aromatic carbocycles. The maximum atomic E-state index is 12.1. The number of amides is 1. The minimum absolute atomic E-state index is 0.0224. The van der Waals surface area contributed by atoms with E-state index < -0.39 is 0 Å². The maximum absolute atomic E-state index is 12.1. The second-order valence-corrected chi connectivity index (χ2v) is 3.74. The van der Waals surface area contributed by atoms with E-state index >= 15 is 0 Å². The van der Waals surface area contributed by atoms with Gasteiger partial charge in [0.1, 0.15) is 11.3 Å². The molecule has 0 aliphatic carbocycles. The summed E-state index contributed by atoms with van der Waals surface area (Å²) in [5, 5.41) is 6.89. The lowest BCUT2D eigenvalue weighted by molar-refractivity contribution is 0.0794. The van der Waals surface area contributed by atoms with Crippen LogP contribution < -0.4 is 5.32 Å². The van der Waals surface area contributed by atoms with Crippen molar-refractivity contribution in [1.82, 2.24) is 15.4 Å². The van der Waals surface area contributed by atoms with Crippen molar-refractivity contribution in [3.63, 3.8) is 0 Å². The van der Waals surface area contributed by atoms with E-state index in [9.17, 15) is 4.79 Å². The van der Waals surface area contributed by atoms with Crippen LogP contribution in [0.3, 0.4) is 0 Å². The van der Waals surface area contributed by atoms with Crippen molar-refractivity contribution in [1.29, 1.82) is 0 Å². The van der Waals surface area contributed by atoms with Gasteiger partial charge in [0.05, 0.1) is 5.69 Å². The van der Waals surface area contributed by atoms with E-state index in [1.165, 1.54) is 0 Å². The van der Waals surface area contributed by atoms with Crippen molar-refractivity contribution >= 4 is 5.91 Å². The summed E-state index contributed by atoms with van der Waals surface area (Å²) >= 11 is 0. The number of rotatable bonds is 5. The topological polar surface area (TPSA) is 58.4 Å². The molecule has 0 spiro atoms. The normalized spacial score (nSPS) is 10.5. The van der Waals surface area contributed by atoms with Gasteiger partial charge in [0.25, 0.3) is 5.91 Å². The van der Waals surface area contributed by atoms with Crippen LogP contribution in [0.1, 0.15) is 28.7 Å². The van der Waals surface area contributed by atoms with Gasteiger partial charge in [0.2, 0.25) is 0 Å². The van der Waals surface area contributed by atoms with Gasteiger partial charge in [-0.05, 0) is 20.4 Å². The van der Waals surface area contributed by atoms with Crippen molar-refractivity contribution in [3.05, 3.63) is 17.0 Å². The van der Waals surface area contributed by atoms with E-state index in [4.69, 9.17) is 4.52 Å². The van der Waals surface area contributed by atoms with E-state index in [-0.39, 0.29) is 5.91 Å². The molecule has 1 N–H and O–H groups in total. The Labute approximate surface area is 95.8 Å². The van der Waals surface area contributed by atoms with Gasteiger partial charge in [-0.15, -0.1) is 0 Å². The molecule has 0 atom stereocenters. The summed E-state index contributed by atoms with van der Waals surface area (Å²) in [6.45, 7) is 5.17. The summed E-state index contributed by atoms with van der Waals surface area (Å²) in [7, 11) is 3.64. The third kappa shape index (κ3) is 2.61. The molecule has 5 heteroatoms. The molecule has 0 aliphatic rings. The number of carbonyl (C=O) groups excluding carboxylic acids is 1. The highest BCUT2D eigenvalue weighted by atomic mass is 16.5. The smallest absolute Gasteiger partial charge is 0.259 e. The Balaban J connectivity index is 2.82. The van der Waals surface area contributed by atoms with Gasteiger partial charge in [-0.3, -0.25) is 4.79 Å². The van der Waals surface area contributed by atoms with Crippen LogP contribution in [-0.4, -0.2) is 43.1 Å². The van der Waals surface area contributed by atoms with Gasteiger partial charge >= 0.3 is 0 Å². The lowest BCUT2D eigenvalue weighted by Gasteiger charge is -2.16. The van der Waals surface area contributed by atoms with Crippen molar-refractivity contribution in [3.8, 4) is 0 Å². The highest BCUT2D eigenvalue weighted by molar-refractivity contribution is 5.96. The van der Waals surface area contributed by atoms with Gasteiger partial charge in [0, 0.05) is 20.1 Å². The molecule has 0 saturated carbocycles. The maximum Gasteiger partial charge on any atom is 0.259 e. The monoisotopic (exact) mass is 225 g/mol. The lowest BCUT2D eigenvalue weighted by atomic mass is 10.1. The average molecular weight is 225 g/mol. The number of hydrogen-bond acceptors (Lipinski definition) is 4. The van der Waals surface area contributed by atoms with E-state index in [0.717, 1.165) is 12.2 Å². The Morgan fingerprint density at radius 3 is 2.81 bits per heavy atom. The molecule has 0 saturated heterocycles. The molecule has 1 heterocycles. The van der Waals surface area contributed by atoms with Gasteiger partial charge in [-0.25, -0.2) is 0 Å². The first-order chi connectivity index (χ1) is 7.61. The zero-order valence-corrected chi connectivity index (χ0v) is 10.3. The number of likely N-dealkylation sites (N-methyl/N-ethyl adjacent to an activating group) is 2. The fourth-order valence-electron chi connectivity index (χ4n) is 1.51. The zero-order chi connectivity index (χ0) is 12.1. The third-order valence-electron chi connectivity index (χ3n) is 2.53.